The molecule has 0 aliphatic rings. The molecule has 0 aliphatic heterocycles. The maximum Gasteiger partial charge on any atom is 0.211 e. The quantitative estimate of drug-likeness (QED) is 0.291. The molecule has 64 valence electrons. The first-order valence-corrected chi connectivity index (χ1v) is 4.37. The van der Waals surface area contributed by atoms with Gasteiger partial charge in [-0.1, -0.05) is 11.6 Å². The Morgan fingerprint density at radius 2 is 2.33 bits per heavy atom. The van der Waals surface area contributed by atoms with E-state index in [0.717, 1.165) is 17.2 Å². The zero-order valence-electron chi connectivity index (χ0n) is 7.32. The predicted molar refractivity (Wildman–Crippen MR) is 51.9 cm³/mol. The van der Waals surface area contributed by atoms with Crippen molar-refractivity contribution < 1.29 is 4.68 Å². The van der Waals surface area contributed by atoms with E-state index in [1.54, 1.807) is 4.68 Å². The minimum atomic E-state index is 0.731. The van der Waals surface area contributed by atoms with Gasteiger partial charge in [-0.15, -0.1) is 0 Å². The fraction of sp³-hybridized carbons (Fsp3) is 0.333. The van der Waals surface area contributed by atoms with E-state index < -0.39 is 0 Å². The summed E-state index contributed by atoms with van der Waals surface area (Å²) in [7, 11) is 0. The van der Waals surface area contributed by atoms with Crippen molar-refractivity contribution in [3.63, 3.8) is 0 Å². The van der Waals surface area contributed by atoms with Gasteiger partial charge in [0.05, 0.1) is 0 Å². The van der Waals surface area contributed by atoms with Crippen LogP contribution < -0.4 is 4.68 Å². The minimum Gasteiger partial charge on any atom is -0.759 e. The van der Waals surface area contributed by atoms with Crippen molar-refractivity contribution in [3.05, 3.63) is 30.1 Å². The number of pyridine rings is 1. The first kappa shape index (κ1) is 9.13. The molecule has 0 aliphatic carbocycles. The lowest BCUT2D eigenvalue weighted by Crippen LogP contribution is -2.31. The molecule has 0 aromatic carbocycles. The third kappa shape index (κ3) is 2.27. The third-order valence-corrected chi connectivity index (χ3v) is 1.93. The van der Waals surface area contributed by atoms with Crippen LogP contribution in [0.2, 0.25) is 0 Å². The molecule has 12 heavy (non-hydrogen) atoms. The molecule has 0 radical (unpaired) electrons. The summed E-state index contributed by atoms with van der Waals surface area (Å²) < 4.78 is 1.80. The number of aryl methyl sites for hydroxylation is 1. The van der Waals surface area contributed by atoms with Gasteiger partial charge in [0.15, 0.2) is 0 Å². The summed E-state index contributed by atoms with van der Waals surface area (Å²) in [4.78, 5) is 0. The van der Waals surface area contributed by atoms with Crippen LogP contribution in [-0.4, -0.2) is 5.04 Å². The Morgan fingerprint density at radius 3 is 2.92 bits per heavy atom. The summed E-state index contributed by atoms with van der Waals surface area (Å²) in [6, 6.07) is 5.92. The highest BCUT2D eigenvalue weighted by atomic mass is 32.1. The van der Waals surface area contributed by atoms with Gasteiger partial charge in [-0.2, -0.15) is 0 Å². The van der Waals surface area contributed by atoms with Crippen molar-refractivity contribution in [1.29, 1.82) is 0 Å². The normalized spacial score (nSPS) is 11.7. The molecule has 3 heteroatoms. The maximum absolute atomic E-state index is 5.01. The monoisotopic (exact) mass is 180 g/mol. The molecule has 1 heterocycles. The molecule has 0 atom stereocenters. The van der Waals surface area contributed by atoms with Gasteiger partial charge in [-0.25, -0.2) is 0 Å². The fourth-order valence-corrected chi connectivity index (χ4v) is 0.911. The van der Waals surface area contributed by atoms with E-state index in [9.17, 15) is 0 Å². The molecule has 0 amide bonds. The van der Waals surface area contributed by atoms with Gasteiger partial charge in [0, 0.05) is 19.1 Å². The smallest absolute Gasteiger partial charge is 0.211 e. The topological polar surface area (TPSA) is 16.2 Å². The highest BCUT2D eigenvalue weighted by Crippen LogP contribution is 1.88. The molecule has 1 rings (SSSR count). The molecular formula is C9H12N2S. The average molecular weight is 180 g/mol. The molecule has 0 N–H and O–H groups in total. The van der Waals surface area contributed by atoms with Gasteiger partial charge >= 0.3 is 0 Å². The molecule has 0 saturated heterocycles. The van der Waals surface area contributed by atoms with Crippen molar-refractivity contribution in [1.82, 2.24) is 0 Å². The fourth-order valence-electron chi connectivity index (χ4n) is 0.823. The van der Waals surface area contributed by atoms with Crippen molar-refractivity contribution in [2.24, 2.45) is 5.10 Å². The second-order valence-electron chi connectivity index (χ2n) is 2.53. The summed E-state index contributed by atoms with van der Waals surface area (Å²) in [6.07, 6.45) is 2.72. The lowest BCUT2D eigenvalue weighted by molar-refractivity contribution is -0.684. The Bertz CT molecular complexity index is 294. The number of hydrogen-bond acceptors (Lipinski definition) is 2. The average Bonchev–Trinajstić information content (AvgIpc) is 2.09. The van der Waals surface area contributed by atoms with Crippen LogP contribution in [0.4, 0.5) is 0 Å². The first-order chi connectivity index (χ1) is 5.74. The van der Waals surface area contributed by atoms with Crippen molar-refractivity contribution in [3.8, 4) is 0 Å². The first-order valence-electron chi connectivity index (χ1n) is 3.96. The standard InChI is InChI=1S/C9H12N2S/c1-3-9(12)10-11-7-5-4-6-8(11)2/h4-7H,3H2,1-2H3. The molecule has 1 aromatic rings. The van der Waals surface area contributed by atoms with Crippen molar-refractivity contribution in [2.75, 3.05) is 0 Å². The van der Waals surface area contributed by atoms with Gasteiger partial charge in [0.25, 0.3) is 0 Å². The Hall–Kier alpha value is -0.960. The summed E-state index contributed by atoms with van der Waals surface area (Å²) in [5.41, 5.74) is 1.09. The van der Waals surface area contributed by atoms with Gasteiger partial charge < -0.3 is 12.6 Å². The Kier molecular flexibility index (Phi) is 3.17. The maximum atomic E-state index is 5.01. The van der Waals surface area contributed by atoms with Gasteiger partial charge in [0.1, 0.15) is 0 Å². The number of hydrogen-bond donors (Lipinski definition) is 0. The number of nitrogens with zero attached hydrogens (tertiary/aromatic N) is 2. The summed E-state index contributed by atoms with van der Waals surface area (Å²) in [5, 5.41) is 4.96. The zero-order valence-corrected chi connectivity index (χ0v) is 8.14. The van der Waals surface area contributed by atoms with E-state index in [2.05, 4.69) is 5.10 Å². The SMILES string of the molecule is CC/C([S-])=N/[n+]1ccccc1C. The van der Waals surface area contributed by atoms with Crippen LogP contribution in [0.15, 0.2) is 29.5 Å². The van der Waals surface area contributed by atoms with Crippen molar-refractivity contribution >= 4 is 17.7 Å². The molecule has 0 spiro atoms. The highest BCUT2D eigenvalue weighted by molar-refractivity contribution is 7.77. The minimum absolute atomic E-state index is 0.731. The molecule has 0 fully saturated rings. The molecule has 0 bridgehead atoms. The molecular weight excluding hydrogens is 168 g/mol. The summed E-state index contributed by atoms with van der Waals surface area (Å²) in [6.45, 7) is 4.01. The van der Waals surface area contributed by atoms with Crippen LogP contribution in [0, 0.1) is 6.92 Å². The summed E-state index contributed by atoms with van der Waals surface area (Å²) in [5.74, 6) is 0. The van der Waals surface area contributed by atoms with Crippen LogP contribution in [0.5, 0.6) is 0 Å². The zero-order chi connectivity index (χ0) is 8.97. The lowest BCUT2D eigenvalue weighted by Gasteiger charge is -2.01. The third-order valence-electron chi connectivity index (χ3n) is 1.56. The number of rotatable bonds is 2. The van der Waals surface area contributed by atoms with Gasteiger partial charge in [-0.3, -0.25) is 0 Å². The van der Waals surface area contributed by atoms with E-state index in [4.69, 9.17) is 12.6 Å². The lowest BCUT2D eigenvalue weighted by atomic mass is 10.4. The molecule has 0 unspecified atom stereocenters. The molecule has 0 saturated carbocycles. The van der Waals surface area contributed by atoms with E-state index in [-0.39, 0.29) is 0 Å². The van der Waals surface area contributed by atoms with Crippen molar-refractivity contribution in [2.45, 2.75) is 20.3 Å². The second kappa shape index (κ2) is 4.16. The van der Waals surface area contributed by atoms with Crippen LogP contribution in [-0.2, 0) is 12.6 Å². The highest BCUT2D eigenvalue weighted by Gasteiger charge is 1.99. The van der Waals surface area contributed by atoms with Gasteiger partial charge in [-0.05, 0) is 22.6 Å². The predicted octanol–water partition coefficient (Wildman–Crippen LogP) is 1.40. The second-order valence-corrected chi connectivity index (χ2v) is 3.01. The van der Waals surface area contributed by atoms with Crippen LogP contribution >= 0.6 is 0 Å². The molecule has 2 nitrogen and oxygen atoms in total. The molecule has 1 aromatic heterocycles. The Labute approximate surface area is 78.3 Å². The van der Waals surface area contributed by atoms with E-state index in [1.165, 1.54) is 0 Å². The Balaban J connectivity index is 2.96. The van der Waals surface area contributed by atoms with Crippen LogP contribution in [0.1, 0.15) is 19.0 Å². The summed E-state index contributed by atoms with van der Waals surface area (Å²) >= 11 is 5.01. The van der Waals surface area contributed by atoms with E-state index in [1.807, 2.05) is 38.2 Å². The largest absolute Gasteiger partial charge is 0.759 e. The van der Waals surface area contributed by atoms with Crippen LogP contribution in [0.25, 0.3) is 0 Å². The van der Waals surface area contributed by atoms with Gasteiger partial charge in [0.2, 0.25) is 11.9 Å². The van der Waals surface area contributed by atoms with Crippen LogP contribution in [0.3, 0.4) is 0 Å². The Morgan fingerprint density at radius 1 is 1.58 bits per heavy atom. The van der Waals surface area contributed by atoms with E-state index >= 15 is 0 Å². The number of aromatic nitrogens is 1. The van der Waals surface area contributed by atoms with E-state index in [0.29, 0.717) is 0 Å².